The van der Waals surface area contributed by atoms with Gasteiger partial charge in [0.25, 0.3) is 0 Å². The van der Waals surface area contributed by atoms with E-state index in [1.807, 2.05) is 12.1 Å². The predicted molar refractivity (Wildman–Crippen MR) is 60.2 cm³/mol. The predicted octanol–water partition coefficient (Wildman–Crippen LogP) is -0.00640. The van der Waals surface area contributed by atoms with E-state index >= 15 is 0 Å². The minimum atomic E-state index is -0.554. The zero-order valence-electron chi connectivity index (χ0n) is 9.01. The average Bonchev–Trinajstić information content (AvgIpc) is 2.55. The first-order valence-electron chi connectivity index (χ1n) is 5.08. The molecule has 1 aromatic carbocycles. The molecule has 3 N–H and O–H groups in total. The van der Waals surface area contributed by atoms with Gasteiger partial charge >= 0.3 is 5.76 Å². The van der Waals surface area contributed by atoms with Crippen LogP contribution in [0.25, 0.3) is 11.1 Å². The minimum absolute atomic E-state index is 0.225. The number of benzene rings is 1. The fourth-order valence-electron chi connectivity index (χ4n) is 1.65. The number of hydrogen-bond acceptors (Lipinski definition) is 4. The van der Waals surface area contributed by atoms with Crippen molar-refractivity contribution in [2.45, 2.75) is 12.5 Å². The molecule has 0 fully saturated rings. The Labute approximate surface area is 92.1 Å². The summed E-state index contributed by atoms with van der Waals surface area (Å²) in [6.45, 7) is 0.225. The van der Waals surface area contributed by atoms with E-state index in [0.717, 1.165) is 11.1 Å². The number of aryl methyl sites for hydroxylation is 1. The van der Waals surface area contributed by atoms with E-state index in [4.69, 9.17) is 10.2 Å². The van der Waals surface area contributed by atoms with Crippen LogP contribution in [0.2, 0.25) is 0 Å². The van der Waals surface area contributed by atoms with Gasteiger partial charge in [-0.2, -0.15) is 0 Å². The van der Waals surface area contributed by atoms with E-state index in [2.05, 4.69) is 0 Å². The Balaban J connectivity index is 2.43. The molecule has 1 aromatic heterocycles. The summed E-state index contributed by atoms with van der Waals surface area (Å²) in [7, 11) is 1.65. The van der Waals surface area contributed by atoms with Crippen molar-refractivity contribution in [1.82, 2.24) is 4.57 Å². The lowest BCUT2D eigenvalue weighted by atomic mass is 10.1. The first kappa shape index (κ1) is 10.9. The summed E-state index contributed by atoms with van der Waals surface area (Å²) in [5.41, 5.74) is 7.56. The molecule has 86 valence electrons. The van der Waals surface area contributed by atoms with Crippen molar-refractivity contribution in [3.05, 3.63) is 34.3 Å². The lowest BCUT2D eigenvalue weighted by Gasteiger charge is -2.07. The number of oxazole rings is 1. The maximum absolute atomic E-state index is 11.3. The Morgan fingerprint density at radius 1 is 1.56 bits per heavy atom. The highest BCUT2D eigenvalue weighted by Gasteiger charge is 2.08. The SMILES string of the molecule is Cn1c(=O)oc2ccc(CC(O)CN)cc21. The number of nitrogens with zero attached hydrogens (tertiary/aromatic N) is 1. The second kappa shape index (κ2) is 4.11. The van der Waals surface area contributed by atoms with Crippen LogP contribution in [-0.4, -0.2) is 22.3 Å². The molecule has 2 aromatic rings. The first-order valence-corrected chi connectivity index (χ1v) is 5.08. The maximum atomic E-state index is 11.3. The van der Waals surface area contributed by atoms with E-state index in [1.54, 1.807) is 13.1 Å². The van der Waals surface area contributed by atoms with Crippen molar-refractivity contribution < 1.29 is 9.52 Å². The number of aliphatic hydroxyl groups is 1. The zero-order chi connectivity index (χ0) is 11.7. The Hall–Kier alpha value is -1.59. The molecule has 16 heavy (non-hydrogen) atoms. The van der Waals surface area contributed by atoms with Gasteiger partial charge in [0.15, 0.2) is 5.58 Å². The van der Waals surface area contributed by atoms with Crippen LogP contribution in [0.15, 0.2) is 27.4 Å². The average molecular weight is 222 g/mol. The molecule has 1 unspecified atom stereocenters. The number of nitrogens with two attached hydrogens (primary N) is 1. The quantitative estimate of drug-likeness (QED) is 0.765. The summed E-state index contributed by atoms with van der Waals surface area (Å²) in [6.07, 6.45) is -0.0763. The van der Waals surface area contributed by atoms with E-state index < -0.39 is 6.10 Å². The minimum Gasteiger partial charge on any atom is -0.408 e. The molecule has 0 saturated carbocycles. The van der Waals surface area contributed by atoms with Gasteiger partial charge in [-0.1, -0.05) is 6.07 Å². The maximum Gasteiger partial charge on any atom is 0.419 e. The van der Waals surface area contributed by atoms with E-state index in [9.17, 15) is 9.90 Å². The van der Waals surface area contributed by atoms with E-state index in [0.29, 0.717) is 12.0 Å². The number of fused-ring (bicyclic) bond motifs is 1. The summed E-state index contributed by atoms with van der Waals surface area (Å²) in [5, 5.41) is 9.44. The van der Waals surface area contributed by atoms with Crippen molar-refractivity contribution >= 4 is 11.1 Å². The number of aromatic nitrogens is 1. The van der Waals surface area contributed by atoms with Crippen molar-refractivity contribution in [2.24, 2.45) is 12.8 Å². The lowest BCUT2D eigenvalue weighted by Crippen LogP contribution is -2.21. The highest BCUT2D eigenvalue weighted by Crippen LogP contribution is 2.15. The molecule has 0 radical (unpaired) electrons. The molecule has 0 aliphatic heterocycles. The number of rotatable bonds is 3. The summed E-state index contributed by atoms with van der Waals surface area (Å²) in [6, 6.07) is 5.39. The Bertz CT molecular complexity index is 556. The van der Waals surface area contributed by atoms with Gasteiger partial charge in [0, 0.05) is 13.6 Å². The van der Waals surface area contributed by atoms with Crippen LogP contribution in [0.5, 0.6) is 0 Å². The molecule has 1 heterocycles. The van der Waals surface area contributed by atoms with E-state index in [-0.39, 0.29) is 12.3 Å². The molecule has 0 aliphatic rings. The molecule has 0 bridgehead atoms. The molecular formula is C11H14N2O3. The highest BCUT2D eigenvalue weighted by molar-refractivity contribution is 5.73. The standard InChI is InChI=1S/C11H14N2O3/c1-13-9-5-7(4-8(14)6-12)2-3-10(9)16-11(13)15/h2-3,5,8,14H,4,6,12H2,1H3. The molecule has 5 heteroatoms. The van der Waals surface area contributed by atoms with Gasteiger partial charge < -0.3 is 15.3 Å². The summed E-state index contributed by atoms with van der Waals surface area (Å²) >= 11 is 0. The van der Waals surface area contributed by atoms with Crippen molar-refractivity contribution in [2.75, 3.05) is 6.54 Å². The molecule has 0 spiro atoms. The fourth-order valence-corrected chi connectivity index (χ4v) is 1.65. The smallest absolute Gasteiger partial charge is 0.408 e. The van der Waals surface area contributed by atoms with Crippen LogP contribution >= 0.6 is 0 Å². The second-order valence-corrected chi connectivity index (χ2v) is 3.82. The normalized spacial score (nSPS) is 13.2. The third-order valence-electron chi connectivity index (χ3n) is 2.60. The molecule has 0 amide bonds. The molecule has 0 aliphatic carbocycles. The summed E-state index contributed by atoms with van der Waals surface area (Å²) in [4.78, 5) is 11.3. The highest BCUT2D eigenvalue weighted by atomic mass is 16.4. The van der Waals surface area contributed by atoms with Crippen LogP contribution in [0.4, 0.5) is 0 Å². The molecule has 0 saturated heterocycles. The van der Waals surface area contributed by atoms with Gasteiger partial charge in [-0.05, 0) is 24.1 Å². The van der Waals surface area contributed by atoms with Crippen molar-refractivity contribution in [3.63, 3.8) is 0 Å². The summed E-state index contributed by atoms with van der Waals surface area (Å²) < 4.78 is 6.44. The van der Waals surface area contributed by atoms with Gasteiger partial charge in [0.2, 0.25) is 0 Å². The van der Waals surface area contributed by atoms with Gasteiger partial charge in [-0.15, -0.1) is 0 Å². The summed E-state index contributed by atoms with van der Waals surface area (Å²) in [5.74, 6) is -0.383. The van der Waals surface area contributed by atoms with Crippen LogP contribution < -0.4 is 11.5 Å². The molecule has 2 rings (SSSR count). The van der Waals surface area contributed by atoms with Gasteiger partial charge in [0.1, 0.15) is 0 Å². The van der Waals surface area contributed by atoms with Crippen LogP contribution in [0, 0.1) is 0 Å². The Morgan fingerprint density at radius 2 is 2.31 bits per heavy atom. The Morgan fingerprint density at radius 3 is 3.00 bits per heavy atom. The zero-order valence-corrected chi connectivity index (χ0v) is 9.01. The Kier molecular flexibility index (Phi) is 2.80. The second-order valence-electron chi connectivity index (χ2n) is 3.82. The van der Waals surface area contributed by atoms with Crippen molar-refractivity contribution in [3.8, 4) is 0 Å². The largest absolute Gasteiger partial charge is 0.419 e. The van der Waals surface area contributed by atoms with Gasteiger partial charge in [0.05, 0.1) is 11.6 Å². The number of hydrogen-bond donors (Lipinski definition) is 2. The van der Waals surface area contributed by atoms with Crippen molar-refractivity contribution in [1.29, 1.82) is 0 Å². The first-order chi connectivity index (χ1) is 7.61. The topological polar surface area (TPSA) is 81.4 Å². The van der Waals surface area contributed by atoms with Gasteiger partial charge in [-0.3, -0.25) is 4.57 Å². The fraction of sp³-hybridized carbons (Fsp3) is 0.364. The lowest BCUT2D eigenvalue weighted by molar-refractivity contribution is 0.183. The molecule has 5 nitrogen and oxygen atoms in total. The van der Waals surface area contributed by atoms with Crippen LogP contribution in [0.1, 0.15) is 5.56 Å². The monoisotopic (exact) mass is 222 g/mol. The number of aliphatic hydroxyl groups excluding tert-OH is 1. The van der Waals surface area contributed by atoms with Crippen LogP contribution in [0.3, 0.4) is 0 Å². The molecular weight excluding hydrogens is 208 g/mol. The van der Waals surface area contributed by atoms with E-state index in [1.165, 1.54) is 4.57 Å². The molecule has 1 atom stereocenters. The third-order valence-corrected chi connectivity index (χ3v) is 2.60. The van der Waals surface area contributed by atoms with Gasteiger partial charge in [-0.25, -0.2) is 4.79 Å². The third kappa shape index (κ3) is 1.87. The van der Waals surface area contributed by atoms with Crippen LogP contribution in [-0.2, 0) is 13.5 Å².